The standard InChI is InChI=1S/C11H16N2OS/c1-4-5-15-7-11-12-6-10(9(3)14)8(2)13-11/h6H,4-5,7H2,1-3H3. The summed E-state index contributed by atoms with van der Waals surface area (Å²) in [5.41, 5.74) is 1.41. The van der Waals surface area contributed by atoms with E-state index in [1.54, 1.807) is 6.20 Å². The van der Waals surface area contributed by atoms with Crippen molar-refractivity contribution in [2.75, 3.05) is 5.75 Å². The van der Waals surface area contributed by atoms with E-state index in [0.717, 1.165) is 29.4 Å². The molecule has 1 heterocycles. The molecule has 0 N–H and O–H groups in total. The van der Waals surface area contributed by atoms with Gasteiger partial charge in [0.2, 0.25) is 0 Å². The van der Waals surface area contributed by atoms with Crippen molar-refractivity contribution in [1.82, 2.24) is 9.97 Å². The fraction of sp³-hybridized carbons (Fsp3) is 0.545. The van der Waals surface area contributed by atoms with Crippen LogP contribution < -0.4 is 0 Å². The van der Waals surface area contributed by atoms with Gasteiger partial charge in [-0.2, -0.15) is 11.8 Å². The van der Waals surface area contributed by atoms with Gasteiger partial charge in [0.25, 0.3) is 0 Å². The molecule has 0 saturated carbocycles. The maximum absolute atomic E-state index is 11.2. The molecule has 0 aliphatic rings. The Labute approximate surface area is 94.7 Å². The quantitative estimate of drug-likeness (QED) is 0.569. The van der Waals surface area contributed by atoms with Gasteiger partial charge in [0.05, 0.1) is 17.0 Å². The van der Waals surface area contributed by atoms with Crippen LogP contribution in [0, 0.1) is 6.92 Å². The van der Waals surface area contributed by atoms with E-state index in [1.165, 1.54) is 6.92 Å². The van der Waals surface area contributed by atoms with Gasteiger partial charge in [-0.3, -0.25) is 4.79 Å². The molecule has 82 valence electrons. The van der Waals surface area contributed by atoms with E-state index in [9.17, 15) is 4.79 Å². The number of aromatic nitrogens is 2. The highest BCUT2D eigenvalue weighted by molar-refractivity contribution is 7.98. The van der Waals surface area contributed by atoms with Crippen molar-refractivity contribution in [2.24, 2.45) is 0 Å². The molecular weight excluding hydrogens is 208 g/mol. The Bertz CT molecular complexity index is 352. The molecule has 1 aromatic heterocycles. The van der Waals surface area contributed by atoms with Crippen LogP contribution in [0.4, 0.5) is 0 Å². The van der Waals surface area contributed by atoms with E-state index >= 15 is 0 Å². The van der Waals surface area contributed by atoms with Gasteiger partial charge in [-0.25, -0.2) is 9.97 Å². The molecule has 0 aliphatic heterocycles. The summed E-state index contributed by atoms with van der Waals surface area (Å²) in [7, 11) is 0. The Balaban J connectivity index is 2.69. The SMILES string of the molecule is CCCSCc1ncc(C(C)=O)c(C)n1. The van der Waals surface area contributed by atoms with Crippen molar-refractivity contribution in [2.45, 2.75) is 32.9 Å². The third-order valence-electron chi connectivity index (χ3n) is 1.99. The Hall–Kier alpha value is -0.900. The van der Waals surface area contributed by atoms with Crippen LogP contribution in [0.2, 0.25) is 0 Å². The fourth-order valence-electron chi connectivity index (χ4n) is 1.24. The summed E-state index contributed by atoms with van der Waals surface area (Å²) in [6.45, 7) is 5.54. The summed E-state index contributed by atoms with van der Waals surface area (Å²) >= 11 is 1.82. The number of ketones is 1. The third-order valence-corrected chi connectivity index (χ3v) is 3.15. The average molecular weight is 224 g/mol. The number of thioether (sulfide) groups is 1. The molecule has 0 bridgehead atoms. The lowest BCUT2D eigenvalue weighted by molar-refractivity contribution is 0.101. The number of rotatable bonds is 5. The lowest BCUT2D eigenvalue weighted by Gasteiger charge is -2.03. The van der Waals surface area contributed by atoms with Gasteiger partial charge in [-0.1, -0.05) is 6.92 Å². The molecule has 0 aliphatic carbocycles. The second-order valence-electron chi connectivity index (χ2n) is 3.39. The monoisotopic (exact) mass is 224 g/mol. The van der Waals surface area contributed by atoms with Gasteiger partial charge in [0, 0.05) is 6.20 Å². The summed E-state index contributed by atoms with van der Waals surface area (Å²) < 4.78 is 0. The van der Waals surface area contributed by atoms with E-state index in [0.29, 0.717) is 5.56 Å². The number of hydrogen-bond acceptors (Lipinski definition) is 4. The number of hydrogen-bond donors (Lipinski definition) is 0. The van der Waals surface area contributed by atoms with Crippen LogP contribution in [0.1, 0.15) is 42.1 Å². The Morgan fingerprint density at radius 3 is 2.80 bits per heavy atom. The summed E-state index contributed by atoms with van der Waals surface area (Å²) in [4.78, 5) is 19.6. The fourth-order valence-corrected chi connectivity index (χ4v) is 1.99. The van der Waals surface area contributed by atoms with Gasteiger partial charge in [-0.05, 0) is 26.0 Å². The first-order chi connectivity index (χ1) is 7.15. The van der Waals surface area contributed by atoms with Crippen LogP contribution in [0.3, 0.4) is 0 Å². The van der Waals surface area contributed by atoms with Gasteiger partial charge in [-0.15, -0.1) is 0 Å². The number of nitrogens with zero attached hydrogens (tertiary/aromatic N) is 2. The minimum atomic E-state index is 0.0280. The molecule has 1 aromatic rings. The van der Waals surface area contributed by atoms with Crippen molar-refractivity contribution in [1.29, 1.82) is 0 Å². The molecule has 0 radical (unpaired) electrons. The smallest absolute Gasteiger partial charge is 0.163 e. The van der Waals surface area contributed by atoms with Crippen molar-refractivity contribution in [3.63, 3.8) is 0 Å². The summed E-state index contributed by atoms with van der Waals surface area (Å²) in [6, 6.07) is 0. The topological polar surface area (TPSA) is 42.9 Å². The first kappa shape index (κ1) is 12.2. The Morgan fingerprint density at radius 2 is 2.27 bits per heavy atom. The van der Waals surface area contributed by atoms with Gasteiger partial charge in [0.15, 0.2) is 5.78 Å². The highest BCUT2D eigenvalue weighted by Crippen LogP contribution is 2.11. The molecule has 4 heteroatoms. The largest absolute Gasteiger partial charge is 0.294 e. The third kappa shape index (κ3) is 3.63. The molecule has 15 heavy (non-hydrogen) atoms. The van der Waals surface area contributed by atoms with Crippen LogP contribution in [-0.2, 0) is 5.75 Å². The van der Waals surface area contributed by atoms with Crippen LogP contribution in [0.15, 0.2) is 6.20 Å². The van der Waals surface area contributed by atoms with Crippen LogP contribution in [0.5, 0.6) is 0 Å². The van der Waals surface area contributed by atoms with Crippen LogP contribution >= 0.6 is 11.8 Å². The lowest BCUT2D eigenvalue weighted by atomic mass is 10.2. The zero-order valence-corrected chi connectivity index (χ0v) is 10.2. The average Bonchev–Trinajstić information content (AvgIpc) is 2.17. The predicted octanol–water partition coefficient (Wildman–Crippen LogP) is 2.63. The number of aryl methyl sites for hydroxylation is 1. The minimum absolute atomic E-state index is 0.0280. The normalized spacial score (nSPS) is 10.3. The lowest BCUT2D eigenvalue weighted by Crippen LogP contribution is -2.03. The number of Topliss-reactive ketones (excluding diaryl/α,β-unsaturated/α-hetero) is 1. The zero-order valence-electron chi connectivity index (χ0n) is 9.41. The van der Waals surface area contributed by atoms with Gasteiger partial charge in [0.1, 0.15) is 5.82 Å². The van der Waals surface area contributed by atoms with E-state index in [-0.39, 0.29) is 5.78 Å². The predicted molar refractivity (Wildman–Crippen MR) is 63.2 cm³/mol. The van der Waals surface area contributed by atoms with E-state index in [2.05, 4.69) is 16.9 Å². The number of carbonyl (C=O) groups excluding carboxylic acids is 1. The molecule has 0 aromatic carbocycles. The molecule has 0 saturated heterocycles. The first-order valence-corrected chi connectivity index (χ1v) is 6.21. The maximum Gasteiger partial charge on any atom is 0.163 e. The molecule has 0 amide bonds. The zero-order chi connectivity index (χ0) is 11.3. The molecule has 3 nitrogen and oxygen atoms in total. The summed E-state index contributed by atoms with van der Waals surface area (Å²) in [5.74, 6) is 2.79. The van der Waals surface area contributed by atoms with Crippen molar-refractivity contribution >= 4 is 17.5 Å². The second kappa shape index (κ2) is 5.85. The van der Waals surface area contributed by atoms with E-state index in [4.69, 9.17) is 0 Å². The number of carbonyl (C=O) groups is 1. The molecule has 0 unspecified atom stereocenters. The Morgan fingerprint density at radius 1 is 1.53 bits per heavy atom. The van der Waals surface area contributed by atoms with Crippen LogP contribution in [-0.4, -0.2) is 21.5 Å². The van der Waals surface area contributed by atoms with Gasteiger partial charge >= 0.3 is 0 Å². The molecule has 0 fully saturated rings. The minimum Gasteiger partial charge on any atom is -0.294 e. The summed E-state index contributed by atoms with van der Waals surface area (Å²) in [5, 5.41) is 0. The summed E-state index contributed by atoms with van der Waals surface area (Å²) in [6.07, 6.45) is 2.79. The maximum atomic E-state index is 11.2. The second-order valence-corrected chi connectivity index (χ2v) is 4.50. The first-order valence-electron chi connectivity index (χ1n) is 5.06. The van der Waals surface area contributed by atoms with E-state index in [1.807, 2.05) is 18.7 Å². The van der Waals surface area contributed by atoms with Crippen LogP contribution in [0.25, 0.3) is 0 Å². The van der Waals surface area contributed by atoms with E-state index < -0.39 is 0 Å². The molecule has 0 atom stereocenters. The molecule has 0 spiro atoms. The molecular formula is C11H16N2OS. The van der Waals surface area contributed by atoms with Crippen molar-refractivity contribution in [3.05, 3.63) is 23.3 Å². The van der Waals surface area contributed by atoms with Gasteiger partial charge < -0.3 is 0 Å². The Kier molecular flexibility index (Phi) is 4.75. The van der Waals surface area contributed by atoms with Crippen molar-refractivity contribution in [3.8, 4) is 0 Å². The molecule has 1 rings (SSSR count). The highest BCUT2D eigenvalue weighted by Gasteiger charge is 2.06. The van der Waals surface area contributed by atoms with Crippen molar-refractivity contribution < 1.29 is 4.79 Å². The highest BCUT2D eigenvalue weighted by atomic mass is 32.2.